The lowest BCUT2D eigenvalue weighted by molar-refractivity contribution is 0.0765. The maximum atomic E-state index is 12.6. The van der Waals surface area contributed by atoms with Gasteiger partial charge < -0.3 is 10.0 Å². The number of rotatable bonds is 2. The van der Waals surface area contributed by atoms with Crippen LogP contribution in [0.1, 0.15) is 43.2 Å². The highest BCUT2D eigenvalue weighted by Gasteiger charge is 2.27. The number of hydrogen-bond donors (Lipinski definition) is 1. The lowest BCUT2D eigenvalue weighted by Crippen LogP contribution is -2.29. The first-order chi connectivity index (χ1) is 12.8. The van der Waals surface area contributed by atoms with Crippen molar-refractivity contribution in [1.29, 1.82) is 0 Å². The number of likely N-dealkylation sites (tertiary alicyclic amines) is 1. The molecular weight excluding hydrogens is 340 g/mol. The number of amides is 1. The Hall–Kier alpha value is -2.73. The molecule has 1 fully saturated rings. The van der Waals surface area contributed by atoms with E-state index in [0.29, 0.717) is 30.9 Å². The number of carbonyl (C=O) groups excluding carboxylic acids is 1. The Balaban J connectivity index is 1.73. The molecule has 140 valence electrons. The predicted molar refractivity (Wildman–Crippen MR) is 104 cm³/mol. The summed E-state index contributed by atoms with van der Waals surface area (Å²) >= 11 is 0. The van der Waals surface area contributed by atoms with Gasteiger partial charge in [0, 0.05) is 42.0 Å². The molecule has 0 spiro atoms. The Morgan fingerprint density at radius 3 is 2.59 bits per heavy atom. The van der Waals surface area contributed by atoms with Crippen LogP contribution < -0.4 is 0 Å². The first kappa shape index (κ1) is 17.7. The van der Waals surface area contributed by atoms with E-state index in [-0.39, 0.29) is 11.3 Å². The summed E-state index contributed by atoms with van der Waals surface area (Å²) < 4.78 is 1.99. The number of imidazole rings is 1. The summed E-state index contributed by atoms with van der Waals surface area (Å²) in [6.07, 6.45) is 3.94. The fourth-order valence-electron chi connectivity index (χ4n) is 3.57. The number of benzene rings is 1. The molecule has 3 heterocycles. The molecule has 1 aliphatic heterocycles. The van der Waals surface area contributed by atoms with E-state index in [1.807, 2.05) is 40.9 Å². The second kappa shape index (κ2) is 6.46. The molecule has 1 aliphatic rings. The van der Waals surface area contributed by atoms with E-state index in [0.717, 1.165) is 17.0 Å². The smallest absolute Gasteiger partial charge is 0.253 e. The van der Waals surface area contributed by atoms with Crippen LogP contribution in [-0.2, 0) is 5.41 Å². The van der Waals surface area contributed by atoms with Crippen molar-refractivity contribution in [3.05, 3.63) is 54.0 Å². The number of β-amino-alcohol motifs (C(OH)–C–C–N with tert-alkyl or cyclic N) is 1. The SMILES string of the molecule is CC(C)(C)c1nc2ncccn2c1-c1ccc(C(=O)N2CC[C@@H](O)C2)cc1. The van der Waals surface area contributed by atoms with Crippen molar-refractivity contribution >= 4 is 11.7 Å². The normalized spacial score (nSPS) is 17.6. The van der Waals surface area contributed by atoms with Gasteiger partial charge in [-0.1, -0.05) is 32.9 Å². The molecule has 6 nitrogen and oxygen atoms in total. The maximum absolute atomic E-state index is 12.6. The second-order valence-corrected chi connectivity index (χ2v) is 8.12. The van der Waals surface area contributed by atoms with E-state index >= 15 is 0 Å². The zero-order valence-electron chi connectivity index (χ0n) is 15.9. The van der Waals surface area contributed by atoms with Crippen molar-refractivity contribution in [2.45, 2.75) is 38.7 Å². The maximum Gasteiger partial charge on any atom is 0.253 e. The molecule has 1 aromatic carbocycles. The van der Waals surface area contributed by atoms with Gasteiger partial charge in [0.25, 0.3) is 5.91 Å². The molecule has 0 aliphatic carbocycles. The summed E-state index contributed by atoms with van der Waals surface area (Å²) in [4.78, 5) is 23.4. The minimum atomic E-state index is -0.409. The van der Waals surface area contributed by atoms with Gasteiger partial charge in [0.15, 0.2) is 0 Å². The van der Waals surface area contributed by atoms with Gasteiger partial charge in [0.1, 0.15) is 0 Å². The van der Waals surface area contributed by atoms with Gasteiger partial charge in [-0.3, -0.25) is 9.20 Å². The Morgan fingerprint density at radius 1 is 1.22 bits per heavy atom. The van der Waals surface area contributed by atoms with E-state index in [1.54, 1.807) is 11.1 Å². The van der Waals surface area contributed by atoms with Gasteiger partial charge in [-0.15, -0.1) is 0 Å². The van der Waals surface area contributed by atoms with Gasteiger partial charge in [-0.2, -0.15) is 0 Å². The zero-order chi connectivity index (χ0) is 19.2. The Bertz CT molecular complexity index is 986. The van der Waals surface area contributed by atoms with E-state index in [2.05, 4.69) is 25.8 Å². The van der Waals surface area contributed by atoms with Crippen LogP contribution in [0.5, 0.6) is 0 Å². The van der Waals surface area contributed by atoms with Crippen molar-refractivity contribution in [3.63, 3.8) is 0 Å². The molecule has 1 atom stereocenters. The van der Waals surface area contributed by atoms with Crippen LogP contribution in [0.2, 0.25) is 0 Å². The lowest BCUT2D eigenvalue weighted by atomic mass is 9.89. The van der Waals surface area contributed by atoms with Crippen molar-refractivity contribution in [3.8, 4) is 11.3 Å². The quantitative estimate of drug-likeness (QED) is 0.759. The summed E-state index contributed by atoms with van der Waals surface area (Å²) in [6.45, 7) is 7.42. The van der Waals surface area contributed by atoms with E-state index in [4.69, 9.17) is 4.98 Å². The molecule has 0 radical (unpaired) electrons. The Kier molecular flexibility index (Phi) is 4.23. The van der Waals surface area contributed by atoms with E-state index in [9.17, 15) is 9.90 Å². The summed E-state index contributed by atoms with van der Waals surface area (Å²) in [5, 5.41) is 9.66. The molecule has 27 heavy (non-hydrogen) atoms. The highest BCUT2D eigenvalue weighted by atomic mass is 16.3. The molecule has 2 aromatic heterocycles. The van der Waals surface area contributed by atoms with Crippen molar-refractivity contribution < 1.29 is 9.90 Å². The van der Waals surface area contributed by atoms with Crippen LogP contribution in [0.3, 0.4) is 0 Å². The number of carbonyl (C=O) groups is 1. The fourth-order valence-corrected chi connectivity index (χ4v) is 3.57. The number of aromatic nitrogens is 3. The lowest BCUT2D eigenvalue weighted by Gasteiger charge is -2.18. The van der Waals surface area contributed by atoms with Crippen LogP contribution >= 0.6 is 0 Å². The molecule has 1 saturated heterocycles. The third-order valence-corrected chi connectivity index (χ3v) is 4.97. The molecule has 0 bridgehead atoms. The summed E-state index contributed by atoms with van der Waals surface area (Å²) in [7, 11) is 0. The Morgan fingerprint density at radius 2 is 1.96 bits per heavy atom. The topological polar surface area (TPSA) is 70.7 Å². The van der Waals surface area contributed by atoms with Crippen molar-refractivity contribution in [1.82, 2.24) is 19.3 Å². The molecule has 4 rings (SSSR count). The van der Waals surface area contributed by atoms with Crippen LogP contribution in [-0.4, -0.2) is 49.5 Å². The predicted octanol–water partition coefficient (Wildman–Crippen LogP) is 2.90. The molecule has 6 heteroatoms. The highest BCUT2D eigenvalue weighted by Crippen LogP contribution is 2.33. The average Bonchev–Trinajstić information content (AvgIpc) is 3.25. The van der Waals surface area contributed by atoms with Gasteiger partial charge in [0.2, 0.25) is 5.78 Å². The number of hydrogen-bond acceptors (Lipinski definition) is 4. The first-order valence-electron chi connectivity index (χ1n) is 9.26. The molecule has 0 saturated carbocycles. The number of nitrogens with zero attached hydrogens (tertiary/aromatic N) is 4. The average molecular weight is 364 g/mol. The molecule has 0 unspecified atom stereocenters. The molecule has 3 aromatic rings. The first-order valence-corrected chi connectivity index (χ1v) is 9.26. The number of fused-ring (bicyclic) bond motifs is 1. The van der Waals surface area contributed by atoms with E-state index < -0.39 is 6.10 Å². The van der Waals surface area contributed by atoms with Gasteiger partial charge >= 0.3 is 0 Å². The van der Waals surface area contributed by atoms with Crippen LogP contribution in [0, 0.1) is 0 Å². The highest BCUT2D eigenvalue weighted by molar-refractivity contribution is 5.95. The fraction of sp³-hybridized carbons (Fsp3) is 0.381. The van der Waals surface area contributed by atoms with Crippen LogP contribution in [0.25, 0.3) is 17.0 Å². The standard InChI is InChI=1S/C21H24N4O2/c1-21(2,3)18-17(25-11-4-10-22-20(25)23-18)14-5-7-15(8-6-14)19(27)24-12-9-16(26)13-24/h4-8,10-11,16,26H,9,12-13H2,1-3H3/t16-/m1/s1. The molecular formula is C21H24N4O2. The molecule has 1 N–H and O–H groups in total. The van der Waals surface area contributed by atoms with Crippen LogP contribution in [0.4, 0.5) is 0 Å². The Labute approximate surface area is 158 Å². The molecule has 1 amide bonds. The van der Waals surface area contributed by atoms with Crippen LogP contribution in [0.15, 0.2) is 42.7 Å². The minimum absolute atomic E-state index is 0.0334. The van der Waals surface area contributed by atoms with Gasteiger partial charge in [-0.25, -0.2) is 9.97 Å². The monoisotopic (exact) mass is 364 g/mol. The van der Waals surface area contributed by atoms with Crippen molar-refractivity contribution in [2.75, 3.05) is 13.1 Å². The van der Waals surface area contributed by atoms with Gasteiger partial charge in [0.05, 0.1) is 17.5 Å². The third-order valence-electron chi connectivity index (χ3n) is 4.97. The second-order valence-electron chi connectivity index (χ2n) is 8.12. The largest absolute Gasteiger partial charge is 0.391 e. The summed E-state index contributed by atoms with van der Waals surface area (Å²) in [5.74, 6) is 0.637. The number of aliphatic hydroxyl groups is 1. The van der Waals surface area contributed by atoms with Gasteiger partial charge in [-0.05, 0) is 24.6 Å². The summed E-state index contributed by atoms with van der Waals surface area (Å²) in [6, 6.07) is 9.52. The minimum Gasteiger partial charge on any atom is -0.391 e. The zero-order valence-corrected chi connectivity index (χ0v) is 15.9. The third kappa shape index (κ3) is 3.21. The van der Waals surface area contributed by atoms with Crippen molar-refractivity contribution in [2.24, 2.45) is 0 Å². The summed E-state index contributed by atoms with van der Waals surface area (Å²) in [5.41, 5.74) is 3.48. The van der Waals surface area contributed by atoms with E-state index in [1.165, 1.54) is 0 Å². The number of aliphatic hydroxyl groups excluding tert-OH is 1.